The van der Waals surface area contributed by atoms with E-state index in [1.54, 1.807) is 29.2 Å². The summed E-state index contributed by atoms with van der Waals surface area (Å²) in [7, 11) is 0. The molecule has 23 heavy (non-hydrogen) atoms. The Labute approximate surface area is 138 Å². The molecule has 0 spiro atoms. The third kappa shape index (κ3) is 3.95. The van der Waals surface area contributed by atoms with E-state index in [0.29, 0.717) is 23.9 Å². The number of likely N-dealkylation sites (tertiary alicyclic amines) is 1. The molecule has 1 amide bonds. The Hall–Kier alpha value is -1.79. The minimum absolute atomic E-state index is 0.105. The summed E-state index contributed by atoms with van der Waals surface area (Å²) in [4.78, 5) is 15.1. The fourth-order valence-electron chi connectivity index (χ4n) is 2.49. The van der Waals surface area contributed by atoms with Crippen molar-refractivity contribution in [3.63, 3.8) is 0 Å². The van der Waals surface area contributed by atoms with Gasteiger partial charge in [-0.15, -0.1) is 0 Å². The largest absolute Gasteiger partial charge is 0.444 e. The van der Waals surface area contributed by atoms with Crippen LogP contribution in [0.15, 0.2) is 50.8 Å². The highest BCUT2D eigenvalue weighted by molar-refractivity contribution is 7.99. The van der Waals surface area contributed by atoms with Crippen molar-refractivity contribution < 1.29 is 13.6 Å². The van der Waals surface area contributed by atoms with Gasteiger partial charge in [-0.1, -0.05) is 11.8 Å². The van der Waals surface area contributed by atoms with Crippen LogP contribution in [-0.2, 0) is 0 Å². The monoisotopic (exact) mass is 334 g/mol. The van der Waals surface area contributed by atoms with Crippen molar-refractivity contribution in [2.75, 3.05) is 13.1 Å². The fourth-order valence-corrected chi connectivity index (χ4v) is 3.26. The van der Waals surface area contributed by atoms with Gasteiger partial charge in [-0.05, 0) is 56.2 Å². The summed E-state index contributed by atoms with van der Waals surface area (Å²) >= 11 is 1.36. The quantitative estimate of drug-likeness (QED) is 0.933. The first kappa shape index (κ1) is 16.1. The fraction of sp³-hybridized carbons (Fsp3) is 0.353. The van der Waals surface area contributed by atoms with E-state index in [2.05, 4.69) is 0 Å². The van der Waals surface area contributed by atoms with Crippen LogP contribution in [0.2, 0.25) is 0 Å². The highest BCUT2D eigenvalue weighted by atomic mass is 32.2. The van der Waals surface area contributed by atoms with Crippen LogP contribution in [0.25, 0.3) is 0 Å². The number of benzene rings is 1. The Morgan fingerprint density at radius 1 is 1.22 bits per heavy atom. The van der Waals surface area contributed by atoms with Gasteiger partial charge in [-0.2, -0.15) is 0 Å². The van der Waals surface area contributed by atoms with Crippen molar-refractivity contribution in [3.05, 3.63) is 48.0 Å². The second-order valence-electron chi connectivity index (χ2n) is 6.12. The molecule has 2 N–H and O–H groups in total. The van der Waals surface area contributed by atoms with E-state index in [0.717, 1.165) is 17.7 Å². The Bertz CT molecular complexity index is 687. The molecule has 1 aromatic heterocycles. The number of rotatable bonds is 3. The number of halogens is 1. The van der Waals surface area contributed by atoms with E-state index in [4.69, 9.17) is 10.2 Å². The number of nitrogens with two attached hydrogens (primary N) is 1. The molecule has 1 aliphatic heterocycles. The van der Waals surface area contributed by atoms with Gasteiger partial charge in [0.2, 0.25) is 0 Å². The maximum Gasteiger partial charge on any atom is 0.289 e. The summed E-state index contributed by atoms with van der Waals surface area (Å²) in [6.45, 7) is 3.30. The number of hydrogen-bond donors (Lipinski definition) is 1. The first-order valence-corrected chi connectivity index (χ1v) is 8.36. The maximum absolute atomic E-state index is 12.9. The molecular weight excluding hydrogens is 315 g/mol. The maximum atomic E-state index is 12.9. The van der Waals surface area contributed by atoms with E-state index in [9.17, 15) is 9.18 Å². The van der Waals surface area contributed by atoms with E-state index in [-0.39, 0.29) is 17.3 Å². The van der Waals surface area contributed by atoms with Gasteiger partial charge in [0.05, 0.1) is 0 Å². The summed E-state index contributed by atoms with van der Waals surface area (Å²) in [5, 5.41) is 0.612. The van der Waals surface area contributed by atoms with Crippen LogP contribution in [0, 0.1) is 5.82 Å². The lowest BCUT2D eigenvalue weighted by molar-refractivity contribution is 0.0643. The molecule has 0 aliphatic carbocycles. The Kier molecular flexibility index (Phi) is 4.46. The van der Waals surface area contributed by atoms with Gasteiger partial charge < -0.3 is 15.1 Å². The average molecular weight is 334 g/mol. The van der Waals surface area contributed by atoms with Gasteiger partial charge >= 0.3 is 0 Å². The molecule has 0 bridgehead atoms. The van der Waals surface area contributed by atoms with Gasteiger partial charge in [-0.3, -0.25) is 4.79 Å². The zero-order chi connectivity index (χ0) is 16.4. The van der Waals surface area contributed by atoms with Crippen LogP contribution in [0.1, 0.15) is 30.3 Å². The molecule has 1 fully saturated rings. The summed E-state index contributed by atoms with van der Waals surface area (Å²) in [6, 6.07) is 9.60. The van der Waals surface area contributed by atoms with Crippen LogP contribution in [0.3, 0.4) is 0 Å². The molecule has 1 aliphatic rings. The molecular formula is C17H19FN2O2S. The van der Waals surface area contributed by atoms with Gasteiger partial charge in [0.15, 0.2) is 10.9 Å². The van der Waals surface area contributed by atoms with Crippen LogP contribution >= 0.6 is 11.8 Å². The second-order valence-corrected chi connectivity index (χ2v) is 7.20. The molecule has 3 rings (SSSR count). The number of carbonyl (C=O) groups is 1. The van der Waals surface area contributed by atoms with Crippen molar-refractivity contribution in [1.82, 2.24) is 4.90 Å². The Morgan fingerprint density at radius 3 is 2.52 bits per heavy atom. The summed E-state index contributed by atoms with van der Waals surface area (Å²) < 4.78 is 18.5. The molecule has 0 unspecified atom stereocenters. The zero-order valence-corrected chi connectivity index (χ0v) is 13.7. The molecule has 6 heteroatoms. The lowest BCUT2D eigenvalue weighted by Gasteiger charge is -2.36. The van der Waals surface area contributed by atoms with E-state index in [1.165, 1.54) is 23.9 Å². The minimum atomic E-state index is -0.276. The first-order valence-electron chi connectivity index (χ1n) is 7.54. The van der Waals surface area contributed by atoms with Crippen molar-refractivity contribution >= 4 is 17.7 Å². The van der Waals surface area contributed by atoms with Crippen LogP contribution < -0.4 is 5.73 Å². The SMILES string of the molecule is CC1(N)CCN(C(=O)c2ccc(Sc3ccc(F)cc3)o2)CC1. The highest BCUT2D eigenvalue weighted by Gasteiger charge is 2.29. The number of nitrogens with zero attached hydrogens (tertiary/aromatic N) is 1. The predicted molar refractivity (Wildman–Crippen MR) is 87.0 cm³/mol. The smallest absolute Gasteiger partial charge is 0.289 e. The molecule has 2 heterocycles. The number of carbonyl (C=O) groups excluding carboxylic acids is 1. The normalized spacial score (nSPS) is 17.3. The average Bonchev–Trinajstić information content (AvgIpc) is 2.97. The third-order valence-electron chi connectivity index (χ3n) is 4.02. The van der Waals surface area contributed by atoms with Crippen molar-refractivity contribution in [2.24, 2.45) is 5.73 Å². The van der Waals surface area contributed by atoms with E-state index in [1.807, 2.05) is 6.92 Å². The molecule has 0 radical (unpaired) electrons. The summed E-state index contributed by atoms with van der Waals surface area (Å²) in [5.74, 6) is -0.0524. The zero-order valence-electron chi connectivity index (χ0n) is 12.9. The van der Waals surface area contributed by atoms with Crippen LogP contribution in [-0.4, -0.2) is 29.4 Å². The second kappa shape index (κ2) is 6.37. The number of piperidine rings is 1. The Morgan fingerprint density at radius 2 is 1.87 bits per heavy atom. The molecule has 2 aromatic rings. The van der Waals surface area contributed by atoms with Gasteiger partial charge in [0, 0.05) is 23.5 Å². The molecule has 4 nitrogen and oxygen atoms in total. The number of furan rings is 1. The van der Waals surface area contributed by atoms with E-state index < -0.39 is 0 Å². The lowest BCUT2D eigenvalue weighted by atomic mass is 9.91. The molecule has 1 saturated heterocycles. The number of amides is 1. The topological polar surface area (TPSA) is 59.5 Å². The lowest BCUT2D eigenvalue weighted by Crippen LogP contribution is -2.49. The Balaban J connectivity index is 1.64. The van der Waals surface area contributed by atoms with Gasteiger partial charge in [0.1, 0.15) is 5.82 Å². The summed E-state index contributed by atoms with van der Waals surface area (Å²) in [6.07, 6.45) is 1.58. The molecule has 1 aromatic carbocycles. The number of hydrogen-bond acceptors (Lipinski definition) is 4. The van der Waals surface area contributed by atoms with Gasteiger partial charge in [0.25, 0.3) is 5.91 Å². The third-order valence-corrected chi connectivity index (χ3v) is 4.95. The van der Waals surface area contributed by atoms with Crippen LogP contribution in [0.4, 0.5) is 4.39 Å². The van der Waals surface area contributed by atoms with Gasteiger partial charge in [-0.25, -0.2) is 4.39 Å². The van der Waals surface area contributed by atoms with Crippen LogP contribution in [0.5, 0.6) is 0 Å². The van der Waals surface area contributed by atoms with Crippen molar-refractivity contribution in [3.8, 4) is 0 Å². The summed E-state index contributed by atoms with van der Waals surface area (Å²) in [5.41, 5.74) is 5.90. The highest BCUT2D eigenvalue weighted by Crippen LogP contribution is 2.30. The standard InChI is InChI=1S/C17H19FN2O2S/c1-17(19)8-10-20(11-9-17)16(21)14-6-7-15(22-14)23-13-4-2-12(18)3-5-13/h2-7H,8-11,19H2,1H3. The minimum Gasteiger partial charge on any atom is -0.444 e. The first-order chi connectivity index (χ1) is 10.9. The molecule has 0 saturated carbocycles. The molecule has 0 atom stereocenters. The predicted octanol–water partition coefficient (Wildman–Crippen LogP) is 3.52. The van der Waals surface area contributed by atoms with E-state index >= 15 is 0 Å². The molecule has 122 valence electrons. The van der Waals surface area contributed by atoms with Crippen molar-refractivity contribution in [1.29, 1.82) is 0 Å². The van der Waals surface area contributed by atoms with Crippen molar-refractivity contribution in [2.45, 2.75) is 35.3 Å².